The molecule has 2 aromatic carbocycles. The Morgan fingerprint density at radius 3 is 2.59 bits per heavy atom. The molecule has 0 radical (unpaired) electrons. The van der Waals surface area contributed by atoms with Crippen LogP contribution in [-0.2, 0) is 6.42 Å². The van der Waals surface area contributed by atoms with Crippen molar-refractivity contribution in [2.45, 2.75) is 20.3 Å². The van der Waals surface area contributed by atoms with Gasteiger partial charge >= 0.3 is 0 Å². The number of benzene rings is 2. The maximum atomic E-state index is 12.4. The zero-order chi connectivity index (χ0) is 19.2. The van der Waals surface area contributed by atoms with Gasteiger partial charge in [0.2, 0.25) is 5.95 Å². The van der Waals surface area contributed by atoms with Crippen molar-refractivity contribution < 1.29 is 4.79 Å². The van der Waals surface area contributed by atoms with Gasteiger partial charge in [0, 0.05) is 23.5 Å². The molecule has 2 N–H and O–H groups in total. The summed E-state index contributed by atoms with van der Waals surface area (Å²) >= 11 is 5.97. The Morgan fingerprint density at radius 2 is 1.85 bits per heavy atom. The molecule has 1 heterocycles. The standard InChI is InChI=1S/C21H21ClN4O/c1-14-10-15(2)12-18(11-14)25-21-24-9-7-19(26-21)20(27)23-8-6-16-4-3-5-17(22)13-16/h3-5,7,9-13H,6,8H2,1-2H3,(H,23,27)(H,24,25,26). The largest absolute Gasteiger partial charge is 0.350 e. The Kier molecular flexibility index (Phi) is 6.04. The zero-order valence-corrected chi connectivity index (χ0v) is 16.0. The summed E-state index contributed by atoms with van der Waals surface area (Å²) < 4.78 is 0. The lowest BCUT2D eigenvalue weighted by molar-refractivity contribution is 0.0949. The van der Waals surface area contributed by atoms with Crippen molar-refractivity contribution in [2.75, 3.05) is 11.9 Å². The molecule has 0 atom stereocenters. The lowest BCUT2D eigenvalue weighted by atomic mass is 10.1. The highest BCUT2D eigenvalue weighted by Gasteiger charge is 2.09. The second-order valence-electron chi connectivity index (χ2n) is 6.40. The van der Waals surface area contributed by atoms with Crippen LogP contribution in [0.15, 0.2) is 54.7 Å². The molecule has 0 saturated carbocycles. The van der Waals surface area contributed by atoms with Crippen LogP contribution >= 0.6 is 11.6 Å². The smallest absolute Gasteiger partial charge is 0.270 e. The van der Waals surface area contributed by atoms with Crippen LogP contribution in [0.3, 0.4) is 0 Å². The maximum Gasteiger partial charge on any atom is 0.270 e. The van der Waals surface area contributed by atoms with Gasteiger partial charge in [-0.3, -0.25) is 4.79 Å². The third-order valence-corrected chi connectivity index (χ3v) is 4.19. The number of hydrogen-bond donors (Lipinski definition) is 2. The minimum atomic E-state index is -0.233. The first kappa shape index (κ1) is 18.9. The lowest BCUT2D eigenvalue weighted by Crippen LogP contribution is -2.26. The van der Waals surface area contributed by atoms with E-state index in [2.05, 4.69) is 26.7 Å². The van der Waals surface area contributed by atoms with Crippen molar-refractivity contribution in [3.8, 4) is 0 Å². The minimum Gasteiger partial charge on any atom is -0.350 e. The van der Waals surface area contributed by atoms with E-state index in [1.165, 1.54) is 0 Å². The molecule has 0 spiro atoms. The van der Waals surface area contributed by atoms with Crippen molar-refractivity contribution in [1.29, 1.82) is 0 Å². The van der Waals surface area contributed by atoms with Crippen LogP contribution in [0.1, 0.15) is 27.2 Å². The molecular formula is C21H21ClN4O. The van der Waals surface area contributed by atoms with Crippen LogP contribution in [-0.4, -0.2) is 22.4 Å². The molecular weight excluding hydrogens is 360 g/mol. The van der Waals surface area contributed by atoms with Crippen molar-refractivity contribution in [3.05, 3.63) is 82.1 Å². The number of aryl methyl sites for hydroxylation is 2. The van der Waals surface area contributed by atoms with Crippen LogP contribution in [0, 0.1) is 13.8 Å². The third kappa shape index (κ3) is 5.53. The first-order chi connectivity index (χ1) is 13.0. The molecule has 1 amide bonds. The number of amides is 1. The van der Waals surface area contributed by atoms with Crippen molar-refractivity contribution >= 4 is 29.1 Å². The zero-order valence-electron chi connectivity index (χ0n) is 15.3. The van der Waals surface area contributed by atoms with Gasteiger partial charge in [-0.15, -0.1) is 0 Å². The van der Waals surface area contributed by atoms with Crippen LogP contribution in [0.25, 0.3) is 0 Å². The van der Waals surface area contributed by atoms with Gasteiger partial charge in [0.05, 0.1) is 0 Å². The predicted octanol–water partition coefficient (Wildman–Crippen LogP) is 4.46. The molecule has 5 nitrogen and oxygen atoms in total. The second kappa shape index (κ2) is 8.64. The summed E-state index contributed by atoms with van der Waals surface area (Å²) in [6.07, 6.45) is 2.27. The van der Waals surface area contributed by atoms with E-state index in [4.69, 9.17) is 11.6 Å². The fraction of sp³-hybridized carbons (Fsp3) is 0.190. The first-order valence-electron chi connectivity index (χ1n) is 8.70. The number of carbonyl (C=O) groups is 1. The summed E-state index contributed by atoms with van der Waals surface area (Å²) in [5.41, 5.74) is 4.58. The number of rotatable bonds is 6. The van der Waals surface area contributed by atoms with E-state index in [-0.39, 0.29) is 5.91 Å². The number of hydrogen-bond acceptors (Lipinski definition) is 4. The topological polar surface area (TPSA) is 66.9 Å². The molecule has 0 aliphatic heterocycles. The van der Waals surface area contributed by atoms with E-state index >= 15 is 0 Å². The molecule has 3 rings (SSSR count). The van der Waals surface area contributed by atoms with E-state index < -0.39 is 0 Å². The van der Waals surface area contributed by atoms with Crippen LogP contribution in [0.4, 0.5) is 11.6 Å². The summed E-state index contributed by atoms with van der Waals surface area (Å²) in [6, 6.07) is 15.3. The number of halogens is 1. The van der Waals surface area contributed by atoms with Gasteiger partial charge in [-0.25, -0.2) is 9.97 Å². The van der Waals surface area contributed by atoms with Crippen LogP contribution < -0.4 is 10.6 Å². The molecule has 0 saturated heterocycles. The highest BCUT2D eigenvalue weighted by Crippen LogP contribution is 2.17. The van der Waals surface area contributed by atoms with Crippen LogP contribution in [0.5, 0.6) is 0 Å². The molecule has 0 bridgehead atoms. The summed E-state index contributed by atoms with van der Waals surface area (Å²) in [5.74, 6) is 0.158. The second-order valence-corrected chi connectivity index (χ2v) is 6.84. The molecule has 138 valence electrons. The highest BCUT2D eigenvalue weighted by molar-refractivity contribution is 6.30. The molecule has 6 heteroatoms. The van der Waals surface area contributed by atoms with E-state index in [9.17, 15) is 4.79 Å². The van der Waals surface area contributed by atoms with E-state index in [1.807, 2.05) is 50.2 Å². The van der Waals surface area contributed by atoms with E-state index in [0.29, 0.717) is 29.6 Å². The highest BCUT2D eigenvalue weighted by atomic mass is 35.5. The average molecular weight is 381 g/mol. The van der Waals surface area contributed by atoms with Gasteiger partial charge in [-0.2, -0.15) is 0 Å². The van der Waals surface area contributed by atoms with E-state index in [0.717, 1.165) is 22.4 Å². The molecule has 0 fully saturated rings. The normalized spacial score (nSPS) is 10.5. The Morgan fingerprint density at radius 1 is 1.07 bits per heavy atom. The van der Waals surface area contributed by atoms with Gasteiger partial charge < -0.3 is 10.6 Å². The number of carbonyl (C=O) groups excluding carboxylic acids is 1. The molecule has 0 aliphatic carbocycles. The van der Waals surface area contributed by atoms with Gasteiger partial charge in [0.15, 0.2) is 0 Å². The molecule has 27 heavy (non-hydrogen) atoms. The summed E-state index contributed by atoms with van der Waals surface area (Å²) in [6.45, 7) is 4.56. The Balaban J connectivity index is 1.61. The number of nitrogens with one attached hydrogen (secondary N) is 2. The first-order valence-corrected chi connectivity index (χ1v) is 9.08. The Labute approximate surface area is 163 Å². The van der Waals surface area contributed by atoms with Gasteiger partial charge in [-0.1, -0.05) is 29.8 Å². The van der Waals surface area contributed by atoms with Gasteiger partial charge in [0.1, 0.15) is 5.69 Å². The Bertz CT molecular complexity index is 938. The fourth-order valence-corrected chi connectivity index (χ4v) is 3.04. The quantitative estimate of drug-likeness (QED) is 0.662. The predicted molar refractivity (Wildman–Crippen MR) is 109 cm³/mol. The van der Waals surface area contributed by atoms with Crippen molar-refractivity contribution in [1.82, 2.24) is 15.3 Å². The van der Waals surface area contributed by atoms with Crippen molar-refractivity contribution in [2.24, 2.45) is 0 Å². The van der Waals surface area contributed by atoms with Crippen molar-refractivity contribution in [3.63, 3.8) is 0 Å². The Hall–Kier alpha value is -2.92. The molecule has 1 aromatic heterocycles. The van der Waals surface area contributed by atoms with Gasteiger partial charge in [-0.05, 0) is 67.3 Å². The van der Waals surface area contributed by atoms with E-state index in [1.54, 1.807) is 12.3 Å². The number of nitrogens with zero attached hydrogens (tertiary/aromatic N) is 2. The molecule has 0 unspecified atom stereocenters. The number of aromatic nitrogens is 2. The lowest BCUT2D eigenvalue weighted by Gasteiger charge is -2.09. The van der Waals surface area contributed by atoms with Crippen LogP contribution in [0.2, 0.25) is 5.02 Å². The molecule has 0 aliphatic rings. The maximum absolute atomic E-state index is 12.4. The fourth-order valence-electron chi connectivity index (χ4n) is 2.82. The van der Waals surface area contributed by atoms with Gasteiger partial charge in [0.25, 0.3) is 5.91 Å². The third-order valence-electron chi connectivity index (χ3n) is 3.95. The number of anilines is 2. The summed E-state index contributed by atoms with van der Waals surface area (Å²) in [5, 5.41) is 6.72. The average Bonchev–Trinajstić information content (AvgIpc) is 2.61. The summed E-state index contributed by atoms with van der Waals surface area (Å²) in [4.78, 5) is 20.9. The monoisotopic (exact) mass is 380 g/mol. The SMILES string of the molecule is Cc1cc(C)cc(Nc2nccc(C(=O)NCCc3cccc(Cl)c3)n2)c1. The summed E-state index contributed by atoms with van der Waals surface area (Å²) in [7, 11) is 0. The molecule has 3 aromatic rings. The minimum absolute atomic E-state index is 0.233.